The number of pyridine rings is 1. The molecule has 0 aliphatic carbocycles. The normalized spacial score (nSPS) is 12.9. The highest BCUT2D eigenvalue weighted by atomic mass is 32.2. The van der Waals surface area contributed by atoms with Gasteiger partial charge in [-0.2, -0.15) is 0 Å². The summed E-state index contributed by atoms with van der Waals surface area (Å²) in [7, 11) is -3.22. The Hall–Kier alpha value is -2.25. The number of hydrogen-bond donors (Lipinski definition) is 0. The van der Waals surface area contributed by atoms with Crippen molar-refractivity contribution in [1.82, 2.24) is 4.40 Å². The number of sulfone groups is 1. The van der Waals surface area contributed by atoms with Gasteiger partial charge in [-0.3, -0.25) is 4.79 Å². The Balaban J connectivity index is 2.04. The Morgan fingerprint density at radius 2 is 1.81 bits per heavy atom. The molecule has 0 aliphatic heterocycles. The molecule has 0 aliphatic rings. The predicted octanol–water partition coefficient (Wildman–Crippen LogP) is 4.43. The SMILES string of the molecule is CC(=O)OC(C)c1c(C)c(Sc2ccc(S(C)(=O)=O)cc2)c2ccccn12. The van der Waals surface area contributed by atoms with Gasteiger partial charge in [0, 0.05) is 29.2 Å². The first kappa shape index (κ1) is 19.5. The van der Waals surface area contributed by atoms with Crippen LogP contribution in [-0.2, 0) is 19.4 Å². The number of rotatable bonds is 5. The number of carbonyl (C=O) groups excluding carboxylic acids is 1. The lowest BCUT2D eigenvalue weighted by Crippen LogP contribution is -2.08. The topological polar surface area (TPSA) is 64.9 Å². The van der Waals surface area contributed by atoms with Crippen molar-refractivity contribution in [3.8, 4) is 0 Å². The second kappa shape index (κ2) is 7.40. The fourth-order valence-corrected chi connectivity index (χ4v) is 4.80. The zero-order valence-electron chi connectivity index (χ0n) is 15.6. The average molecular weight is 404 g/mol. The van der Waals surface area contributed by atoms with Crippen LogP contribution in [0.1, 0.15) is 31.2 Å². The first-order chi connectivity index (χ1) is 12.7. The number of hydrogen-bond acceptors (Lipinski definition) is 5. The summed E-state index contributed by atoms with van der Waals surface area (Å²) in [6.07, 6.45) is 2.78. The summed E-state index contributed by atoms with van der Waals surface area (Å²) in [5, 5.41) is 0. The molecule has 27 heavy (non-hydrogen) atoms. The van der Waals surface area contributed by atoms with Crippen LogP contribution in [0.15, 0.2) is 63.3 Å². The van der Waals surface area contributed by atoms with Crippen LogP contribution in [0, 0.1) is 6.92 Å². The summed E-state index contributed by atoms with van der Waals surface area (Å²) in [5.41, 5.74) is 2.98. The largest absolute Gasteiger partial charge is 0.456 e. The van der Waals surface area contributed by atoms with E-state index in [1.807, 2.05) is 54.8 Å². The van der Waals surface area contributed by atoms with Crippen molar-refractivity contribution in [1.29, 1.82) is 0 Å². The van der Waals surface area contributed by atoms with E-state index >= 15 is 0 Å². The first-order valence-electron chi connectivity index (χ1n) is 8.43. The predicted molar refractivity (Wildman–Crippen MR) is 106 cm³/mol. The van der Waals surface area contributed by atoms with E-state index in [4.69, 9.17) is 4.74 Å². The quantitative estimate of drug-likeness (QED) is 0.590. The molecule has 1 aromatic carbocycles. The molecule has 0 amide bonds. The highest BCUT2D eigenvalue weighted by Crippen LogP contribution is 2.39. The molecule has 1 unspecified atom stereocenters. The molecule has 3 aromatic rings. The minimum Gasteiger partial charge on any atom is -0.456 e. The van der Waals surface area contributed by atoms with Crippen LogP contribution in [0.25, 0.3) is 5.52 Å². The Bertz CT molecular complexity index is 1100. The van der Waals surface area contributed by atoms with Crippen LogP contribution >= 0.6 is 11.8 Å². The van der Waals surface area contributed by atoms with E-state index in [1.54, 1.807) is 23.9 Å². The van der Waals surface area contributed by atoms with E-state index in [0.717, 1.165) is 26.6 Å². The Labute approximate surface area is 163 Å². The van der Waals surface area contributed by atoms with E-state index in [1.165, 1.54) is 13.2 Å². The highest BCUT2D eigenvalue weighted by Gasteiger charge is 2.22. The van der Waals surface area contributed by atoms with E-state index in [9.17, 15) is 13.2 Å². The van der Waals surface area contributed by atoms with Crippen molar-refractivity contribution in [3.05, 3.63) is 59.9 Å². The van der Waals surface area contributed by atoms with Gasteiger partial charge in [0.1, 0.15) is 6.10 Å². The smallest absolute Gasteiger partial charge is 0.303 e. The fraction of sp³-hybridized carbons (Fsp3) is 0.250. The molecule has 142 valence electrons. The molecule has 0 fully saturated rings. The minimum absolute atomic E-state index is 0.300. The molecule has 7 heteroatoms. The number of carbonyl (C=O) groups is 1. The highest BCUT2D eigenvalue weighted by molar-refractivity contribution is 7.99. The molecule has 0 saturated carbocycles. The number of nitrogens with zero attached hydrogens (tertiary/aromatic N) is 1. The summed E-state index contributed by atoms with van der Waals surface area (Å²) < 4.78 is 30.7. The molecule has 0 spiro atoms. The van der Waals surface area contributed by atoms with Gasteiger partial charge in [0.15, 0.2) is 9.84 Å². The van der Waals surface area contributed by atoms with Gasteiger partial charge < -0.3 is 9.14 Å². The molecule has 5 nitrogen and oxygen atoms in total. The third-order valence-corrected chi connectivity index (χ3v) is 6.63. The van der Waals surface area contributed by atoms with Gasteiger partial charge in [-0.25, -0.2) is 8.42 Å². The van der Waals surface area contributed by atoms with Gasteiger partial charge >= 0.3 is 5.97 Å². The molecule has 0 bridgehead atoms. The van der Waals surface area contributed by atoms with E-state index < -0.39 is 9.84 Å². The fourth-order valence-electron chi connectivity index (χ4n) is 3.13. The number of esters is 1. The van der Waals surface area contributed by atoms with Crippen molar-refractivity contribution in [2.24, 2.45) is 0 Å². The number of aromatic nitrogens is 1. The second-order valence-electron chi connectivity index (χ2n) is 6.39. The maximum atomic E-state index is 11.6. The maximum Gasteiger partial charge on any atom is 0.303 e. The van der Waals surface area contributed by atoms with Crippen LogP contribution in [0.3, 0.4) is 0 Å². The van der Waals surface area contributed by atoms with Gasteiger partial charge in [0.25, 0.3) is 0 Å². The molecule has 2 heterocycles. The van der Waals surface area contributed by atoms with Gasteiger partial charge in [-0.1, -0.05) is 17.8 Å². The summed E-state index contributed by atoms with van der Waals surface area (Å²) in [6.45, 7) is 5.27. The van der Waals surface area contributed by atoms with Crippen LogP contribution in [0.5, 0.6) is 0 Å². The summed E-state index contributed by atoms with van der Waals surface area (Å²) in [5.74, 6) is -0.321. The third-order valence-electron chi connectivity index (χ3n) is 4.28. The first-order valence-corrected chi connectivity index (χ1v) is 11.1. The van der Waals surface area contributed by atoms with Gasteiger partial charge in [-0.05, 0) is 55.8 Å². The number of ether oxygens (including phenoxy) is 1. The van der Waals surface area contributed by atoms with Crippen molar-refractivity contribution < 1.29 is 17.9 Å². The Morgan fingerprint density at radius 1 is 1.15 bits per heavy atom. The van der Waals surface area contributed by atoms with E-state index in [2.05, 4.69) is 0 Å². The lowest BCUT2D eigenvalue weighted by Gasteiger charge is -2.13. The van der Waals surface area contributed by atoms with E-state index in [-0.39, 0.29) is 12.1 Å². The van der Waals surface area contributed by atoms with Crippen LogP contribution in [0.4, 0.5) is 0 Å². The van der Waals surface area contributed by atoms with Gasteiger partial charge in [0.2, 0.25) is 0 Å². The monoisotopic (exact) mass is 403 g/mol. The van der Waals surface area contributed by atoms with E-state index in [0.29, 0.717) is 4.90 Å². The lowest BCUT2D eigenvalue weighted by molar-refractivity contribution is -0.146. The molecule has 0 saturated heterocycles. The Morgan fingerprint density at radius 3 is 2.41 bits per heavy atom. The van der Waals surface area contributed by atoms with Gasteiger partial charge in [0.05, 0.1) is 16.1 Å². The van der Waals surface area contributed by atoms with Crippen molar-refractivity contribution >= 4 is 33.1 Å². The molecule has 1 atom stereocenters. The third kappa shape index (κ3) is 4.04. The number of fused-ring (bicyclic) bond motifs is 1. The van der Waals surface area contributed by atoms with Gasteiger partial charge in [-0.15, -0.1) is 0 Å². The van der Waals surface area contributed by atoms with Crippen LogP contribution in [0.2, 0.25) is 0 Å². The molecule has 0 radical (unpaired) electrons. The second-order valence-corrected chi connectivity index (χ2v) is 9.49. The lowest BCUT2D eigenvalue weighted by atomic mass is 10.2. The van der Waals surface area contributed by atoms with Crippen molar-refractivity contribution in [2.75, 3.05) is 6.26 Å². The zero-order valence-corrected chi connectivity index (χ0v) is 17.2. The van der Waals surface area contributed by atoms with Crippen molar-refractivity contribution in [2.45, 2.75) is 41.6 Å². The van der Waals surface area contributed by atoms with Crippen LogP contribution in [-0.4, -0.2) is 25.0 Å². The molecule has 2 aromatic heterocycles. The molecular weight excluding hydrogens is 382 g/mol. The summed E-state index contributed by atoms with van der Waals surface area (Å²) >= 11 is 1.56. The average Bonchev–Trinajstić information content (AvgIpc) is 2.86. The van der Waals surface area contributed by atoms with Crippen molar-refractivity contribution in [3.63, 3.8) is 0 Å². The molecular formula is C20H21NO4S2. The molecule has 3 rings (SSSR count). The zero-order chi connectivity index (χ0) is 19.8. The van der Waals surface area contributed by atoms with Crippen LogP contribution < -0.4 is 0 Å². The number of benzene rings is 1. The summed E-state index contributed by atoms with van der Waals surface area (Å²) in [4.78, 5) is 13.7. The maximum absolute atomic E-state index is 11.6. The molecule has 0 N–H and O–H groups in total. The minimum atomic E-state index is -3.22. The summed E-state index contributed by atoms with van der Waals surface area (Å²) in [6, 6.07) is 12.8. The Kier molecular flexibility index (Phi) is 5.35. The standard InChI is InChI=1S/C20H21NO4S2/c1-13-19(14(2)25-15(3)22)21-12-6-5-7-18(21)20(13)26-16-8-10-17(11-9-16)27(4,23)24/h5-12,14H,1-4H3.